The Bertz CT molecular complexity index is 1790. The molecule has 0 saturated heterocycles. The molecule has 0 bridgehead atoms. The number of hydrogen-bond donors (Lipinski definition) is 2. The molecule has 5 rings (SSSR count). The summed E-state index contributed by atoms with van der Waals surface area (Å²) in [5, 5.41) is 0.465. The maximum atomic E-state index is 13.7. The number of amides is 2. The topological polar surface area (TPSA) is 148 Å². The third-order valence-electron chi connectivity index (χ3n) is 6.98. The number of rotatable bonds is 7. The lowest BCUT2D eigenvalue weighted by molar-refractivity contribution is 0.0302. The molecule has 0 saturated carbocycles. The molecule has 0 spiro atoms. The third-order valence-corrected chi connectivity index (χ3v) is 8.49. The highest BCUT2D eigenvalue weighted by Gasteiger charge is 2.27. The number of fused-ring (bicyclic) bond motifs is 2. The van der Waals surface area contributed by atoms with Crippen molar-refractivity contribution in [1.82, 2.24) is 24.5 Å². The van der Waals surface area contributed by atoms with Crippen LogP contribution in [0.2, 0.25) is 0 Å². The first-order valence-corrected chi connectivity index (χ1v) is 15.3. The van der Waals surface area contributed by atoms with Gasteiger partial charge in [-0.3, -0.25) is 4.79 Å². The van der Waals surface area contributed by atoms with E-state index in [4.69, 9.17) is 10.5 Å². The fourth-order valence-corrected chi connectivity index (χ4v) is 6.15. The van der Waals surface area contributed by atoms with Crippen molar-refractivity contribution in [2.75, 3.05) is 25.9 Å². The van der Waals surface area contributed by atoms with Gasteiger partial charge in [-0.1, -0.05) is 48.5 Å². The van der Waals surface area contributed by atoms with Crippen molar-refractivity contribution in [2.45, 2.75) is 44.4 Å². The Morgan fingerprint density at radius 1 is 1.00 bits per heavy atom. The predicted octanol–water partition coefficient (Wildman–Crippen LogP) is 4.18. The second-order valence-corrected chi connectivity index (χ2v) is 13.1. The van der Waals surface area contributed by atoms with E-state index in [1.165, 1.54) is 11.0 Å². The smallest absolute Gasteiger partial charge is 0.410 e. The number of likely N-dealkylation sites (N-methyl/N-ethyl adjacent to an activating group) is 1. The molecule has 0 atom stereocenters. The maximum Gasteiger partial charge on any atom is 0.410 e. The third kappa shape index (κ3) is 6.60. The molecule has 2 heterocycles. The lowest BCUT2D eigenvalue weighted by Gasteiger charge is -2.24. The van der Waals surface area contributed by atoms with Crippen LogP contribution < -0.4 is 10.5 Å². The molecule has 0 fully saturated rings. The van der Waals surface area contributed by atoms with E-state index in [0.717, 1.165) is 11.1 Å². The zero-order valence-electron chi connectivity index (χ0n) is 24.5. The fourth-order valence-electron chi connectivity index (χ4n) is 4.90. The van der Waals surface area contributed by atoms with Crippen LogP contribution in [0.5, 0.6) is 0 Å². The summed E-state index contributed by atoms with van der Waals surface area (Å²) in [7, 11) is -2.44. The standard InChI is InChI=1S/C31H34N6O5S/c1-31(2,3)42-30(39)36(4)16-15-33-43(40,41)26-12-8-7-11-23(26)20-13-14-25-24(17-20)27(35-29(32)34-25)28(38)37-18-21-9-5-6-10-22(21)19-37/h5-14,17,33H,15-16,18-19H2,1-4H3,(H2,32,34,35). The number of nitrogens with one attached hydrogen (secondary N) is 1. The van der Waals surface area contributed by atoms with E-state index < -0.39 is 21.7 Å². The Balaban J connectivity index is 1.42. The van der Waals surface area contributed by atoms with E-state index in [2.05, 4.69) is 14.7 Å². The summed E-state index contributed by atoms with van der Waals surface area (Å²) in [6, 6.07) is 19.6. The van der Waals surface area contributed by atoms with Gasteiger partial charge in [0.25, 0.3) is 5.91 Å². The summed E-state index contributed by atoms with van der Waals surface area (Å²) < 4.78 is 34.7. The van der Waals surface area contributed by atoms with Crippen LogP contribution in [0.3, 0.4) is 0 Å². The molecule has 11 nitrogen and oxygen atoms in total. The van der Waals surface area contributed by atoms with E-state index >= 15 is 0 Å². The van der Waals surface area contributed by atoms with Crippen molar-refractivity contribution in [3.05, 3.63) is 83.6 Å². The minimum Gasteiger partial charge on any atom is -0.444 e. The normalized spacial score (nSPS) is 13.2. The second-order valence-electron chi connectivity index (χ2n) is 11.4. The summed E-state index contributed by atoms with van der Waals surface area (Å²) in [5.41, 5.74) is 9.09. The number of nitrogen functional groups attached to an aromatic ring is 1. The molecule has 0 aliphatic carbocycles. The van der Waals surface area contributed by atoms with Gasteiger partial charge in [-0.15, -0.1) is 0 Å². The number of sulfonamides is 1. The lowest BCUT2D eigenvalue weighted by atomic mass is 10.0. The van der Waals surface area contributed by atoms with Gasteiger partial charge >= 0.3 is 6.09 Å². The van der Waals surface area contributed by atoms with Gasteiger partial charge < -0.3 is 20.3 Å². The largest absolute Gasteiger partial charge is 0.444 e. The summed E-state index contributed by atoms with van der Waals surface area (Å²) in [5.74, 6) is -0.312. The summed E-state index contributed by atoms with van der Waals surface area (Å²) >= 11 is 0. The van der Waals surface area contributed by atoms with Crippen LogP contribution in [0, 0.1) is 0 Å². The number of nitrogens with two attached hydrogens (primary N) is 1. The van der Waals surface area contributed by atoms with Crippen molar-refractivity contribution in [3.63, 3.8) is 0 Å². The molecule has 1 aromatic heterocycles. The Kier molecular flexibility index (Phi) is 8.08. The summed E-state index contributed by atoms with van der Waals surface area (Å²) in [4.78, 5) is 37.6. The average Bonchev–Trinajstić information content (AvgIpc) is 3.39. The van der Waals surface area contributed by atoms with Gasteiger partial charge in [0, 0.05) is 44.2 Å². The first-order chi connectivity index (χ1) is 20.3. The number of ether oxygens (including phenoxy) is 1. The molecule has 1 aliphatic heterocycles. The quantitative estimate of drug-likeness (QED) is 0.320. The first kappa shape index (κ1) is 29.9. The van der Waals surface area contributed by atoms with E-state index in [9.17, 15) is 18.0 Å². The zero-order valence-corrected chi connectivity index (χ0v) is 25.3. The van der Waals surface area contributed by atoms with Crippen LogP contribution in [0.4, 0.5) is 10.7 Å². The Morgan fingerprint density at radius 2 is 1.65 bits per heavy atom. The molecule has 0 unspecified atom stereocenters. The highest BCUT2D eigenvalue weighted by molar-refractivity contribution is 7.89. The van der Waals surface area contributed by atoms with E-state index in [0.29, 0.717) is 35.1 Å². The lowest BCUT2D eigenvalue weighted by Crippen LogP contribution is -2.39. The van der Waals surface area contributed by atoms with Crippen molar-refractivity contribution >= 4 is 38.9 Å². The van der Waals surface area contributed by atoms with E-state index in [1.807, 2.05) is 24.3 Å². The fraction of sp³-hybridized carbons (Fsp3) is 0.290. The van der Waals surface area contributed by atoms with Crippen LogP contribution in [-0.2, 0) is 27.8 Å². The van der Waals surface area contributed by atoms with Crippen LogP contribution in [-0.4, -0.2) is 65.9 Å². The molecular formula is C31H34N6O5S. The summed E-state index contributed by atoms with van der Waals surface area (Å²) in [6.07, 6.45) is -0.547. The number of nitrogens with zero attached hydrogens (tertiary/aromatic N) is 4. The minimum atomic E-state index is -3.98. The number of aromatic nitrogens is 2. The van der Waals surface area contributed by atoms with Gasteiger partial charge in [0.05, 0.1) is 10.4 Å². The van der Waals surface area contributed by atoms with Crippen LogP contribution in [0.25, 0.3) is 22.0 Å². The van der Waals surface area contributed by atoms with E-state index in [-0.39, 0.29) is 35.5 Å². The number of carbonyl (C=O) groups excluding carboxylic acids is 2. The number of anilines is 1. The molecule has 4 aromatic rings. The highest BCUT2D eigenvalue weighted by atomic mass is 32.2. The number of benzene rings is 3. The highest BCUT2D eigenvalue weighted by Crippen LogP contribution is 2.32. The van der Waals surface area contributed by atoms with Crippen molar-refractivity contribution in [3.8, 4) is 11.1 Å². The van der Waals surface area contributed by atoms with Gasteiger partial charge in [-0.2, -0.15) is 0 Å². The SMILES string of the molecule is CN(CCNS(=O)(=O)c1ccccc1-c1ccc2nc(N)nc(C(=O)N3Cc4ccccc4C3)c2c1)C(=O)OC(C)(C)C. The minimum absolute atomic E-state index is 0.0197. The first-order valence-electron chi connectivity index (χ1n) is 13.8. The van der Waals surface area contributed by atoms with Crippen LogP contribution >= 0.6 is 0 Å². The Morgan fingerprint density at radius 3 is 2.33 bits per heavy atom. The van der Waals surface area contributed by atoms with Gasteiger partial charge in [0.1, 0.15) is 11.3 Å². The molecule has 2 amide bonds. The molecule has 43 heavy (non-hydrogen) atoms. The van der Waals surface area contributed by atoms with Crippen LogP contribution in [0.15, 0.2) is 71.6 Å². The van der Waals surface area contributed by atoms with Crippen LogP contribution in [0.1, 0.15) is 42.4 Å². The molecule has 224 valence electrons. The Hall–Kier alpha value is -4.55. The van der Waals surface area contributed by atoms with Crippen molar-refractivity contribution < 1.29 is 22.7 Å². The van der Waals surface area contributed by atoms with Gasteiger partial charge in [0.15, 0.2) is 0 Å². The monoisotopic (exact) mass is 602 g/mol. The zero-order chi connectivity index (χ0) is 30.9. The predicted molar refractivity (Wildman–Crippen MR) is 163 cm³/mol. The Labute approximate surface area is 250 Å². The van der Waals surface area contributed by atoms with Gasteiger partial charge in [-0.25, -0.2) is 27.9 Å². The van der Waals surface area contributed by atoms with Gasteiger partial charge in [-0.05, 0) is 55.7 Å². The molecule has 0 radical (unpaired) electrons. The molecular weight excluding hydrogens is 568 g/mol. The summed E-state index contributed by atoms with van der Waals surface area (Å²) in [6.45, 7) is 6.28. The second kappa shape index (κ2) is 11.6. The van der Waals surface area contributed by atoms with Crippen molar-refractivity contribution in [2.24, 2.45) is 0 Å². The molecule has 1 aliphatic rings. The molecule has 3 aromatic carbocycles. The van der Waals surface area contributed by atoms with Gasteiger partial charge in [0.2, 0.25) is 16.0 Å². The van der Waals surface area contributed by atoms with E-state index in [1.54, 1.807) is 69.1 Å². The maximum absolute atomic E-state index is 13.7. The molecule has 12 heteroatoms. The van der Waals surface area contributed by atoms with Crippen molar-refractivity contribution in [1.29, 1.82) is 0 Å². The number of hydrogen-bond acceptors (Lipinski definition) is 8. The number of carbonyl (C=O) groups is 2. The average molecular weight is 603 g/mol. The molecule has 3 N–H and O–H groups in total.